The second-order valence-corrected chi connectivity index (χ2v) is 10.8. The lowest BCUT2D eigenvalue weighted by atomic mass is 10.0. The summed E-state index contributed by atoms with van der Waals surface area (Å²) in [5.41, 5.74) is 2.77. The fourth-order valence-corrected chi connectivity index (χ4v) is 5.36. The van der Waals surface area contributed by atoms with Crippen LogP contribution in [0.15, 0.2) is 36.5 Å². The van der Waals surface area contributed by atoms with Crippen LogP contribution in [0.4, 0.5) is 11.8 Å². The Bertz CT molecular complexity index is 1450. The van der Waals surface area contributed by atoms with Gasteiger partial charge in [0.1, 0.15) is 11.9 Å². The maximum atomic E-state index is 13.5. The quantitative estimate of drug-likeness (QED) is 0.290. The monoisotopic (exact) mass is 599 g/mol. The Morgan fingerprint density at radius 3 is 2.68 bits per heavy atom. The highest BCUT2D eigenvalue weighted by molar-refractivity contribution is 6.33. The Hall–Kier alpha value is -3.51. The molecule has 0 spiro atoms. The average molecular weight is 601 g/mol. The van der Waals surface area contributed by atoms with E-state index >= 15 is 0 Å². The van der Waals surface area contributed by atoms with Crippen LogP contribution in [-0.2, 0) is 16.1 Å². The minimum Gasteiger partial charge on any atom is -0.394 e. The third kappa shape index (κ3) is 6.23. The number of aromatic nitrogens is 3. The molecule has 1 aromatic carbocycles. The molecule has 3 aromatic rings. The average Bonchev–Trinajstić information content (AvgIpc) is 3.32. The van der Waals surface area contributed by atoms with E-state index in [4.69, 9.17) is 27.9 Å². The molecule has 2 amide bonds. The van der Waals surface area contributed by atoms with Gasteiger partial charge in [-0.25, -0.2) is 15.0 Å². The lowest BCUT2D eigenvalue weighted by Gasteiger charge is -2.26. The minimum absolute atomic E-state index is 0.213. The van der Waals surface area contributed by atoms with E-state index < -0.39 is 24.6 Å². The van der Waals surface area contributed by atoms with Crippen molar-refractivity contribution in [2.75, 3.05) is 37.5 Å². The van der Waals surface area contributed by atoms with Gasteiger partial charge < -0.3 is 30.7 Å². The second kappa shape index (κ2) is 12.6. The number of nitrogens with zero attached hydrogens (tertiary/aromatic N) is 4. The third-order valence-electron chi connectivity index (χ3n) is 7.32. The molecule has 1 saturated heterocycles. The Balaban J connectivity index is 1.31. The molecule has 0 saturated carbocycles. The number of rotatable bonds is 9. The number of carbonyl (C=O) groups is 2. The molecule has 0 radical (unpaired) electrons. The van der Waals surface area contributed by atoms with Crippen molar-refractivity contribution < 1.29 is 19.4 Å². The van der Waals surface area contributed by atoms with Crippen molar-refractivity contribution >= 4 is 46.8 Å². The molecule has 1 fully saturated rings. The SMILES string of the molecule is CNc1ccc(Cl)c(C(CO)NC(=O)C(C)N2Cc3ccc(-c4nc(NC5CCOCC5)ncc4Cl)cc3C2=O)n1. The molecule has 0 bridgehead atoms. The molecule has 11 nitrogen and oxygen atoms in total. The number of benzene rings is 1. The van der Waals surface area contributed by atoms with Gasteiger partial charge in [-0.1, -0.05) is 35.3 Å². The molecule has 2 unspecified atom stereocenters. The van der Waals surface area contributed by atoms with Gasteiger partial charge >= 0.3 is 0 Å². The third-order valence-corrected chi connectivity index (χ3v) is 7.92. The van der Waals surface area contributed by atoms with Crippen LogP contribution in [0.25, 0.3) is 11.3 Å². The summed E-state index contributed by atoms with van der Waals surface area (Å²) < 4.78 is 5.42. The largest absolute Gasteiger partial charge is 0.394 e. The number of nitrogens with one attached hydrogen (secondary N) is 3. The van der Waals surface area contributed by atoms with Crippen LogP contribution >= 0.6 is 23.2 Å². The van der Waals surface area contributed by atoms with E-state index in [0.717, 1.165) is 18.4 Å². The lowest BCUT2D eigenvalue weighted by Crippen LogP contribution is -2.47. The van der Waals surface area contributed by atoms with E-state index in [0.29, 0.717) is 57.5 Å². The van der Waals surface area contributed by atoms with Crippen molar-refractivity contribution in [1.29, 1.82) is 0 Å². The summed E-state index contributed by atoms with van der Waals surface area (Å²) in [5.74, 6) is 0.273. The number of halogens is 2. The van der Waals surface area contributed by atoms with Crippen LogP contribution in [0.3, 0.4) is 0 Å². The normalized spacial score (nSPS) is 16.7. The Morgan fingerprint density at radius 1 is 1.17 bits per heavy atom. The summed E-state index contributed by atoms with van der Waals surface area (Å²) in [7, 11) is 1.71. The van der Waals surface area contributed by atoms with Gasteiger partial charge in [0.2, 0.25) is 11.9 Å². The fraction of sp³-hybridized carbons (Fsp3) is 0.393. The number of hydrogen-bond donors (Lipinski definition) is 4. The van der Waals surface area contributed by atoms with Crippen LogP contribution in [-0.4, -0.2) is 75.7 Å². The number of aliphatic hydroxyl groups excluding tert-OH is 1. The molecule has 0 aliphatic carbocycles. The topological polar surface area (TPSA) is 142 Å². The lowest BCUT2D eigenvalue weighted by molar-refractivity contribution is -0.126. The smallest absolute Gasteiger partial charge is 0.255 e. The van der Waals surface area contributed by atoms with E-state index in [1.54, 1.807) is 38.4 Å². The number of fused-ring (bicyclic) bond motifs is 1. The van der Waals surface area contributed by atoms with Crippen molar-refractivity contribution in [3.05, 3.63) is 63.4 Å². The van der Waals surface area contributed by atoms with Crippen molar-refractivity contribution in [3.63, 3.8) is 0 Å². The zero-order chi connectivity index (χ0) is 29.1. The number of carbonyl (C=O) groups excluding carboxylic acids is 2. The van der Waals surface area contributed by atoms with Gasteiger partial charge in [-0.2, -0.15) is 0 Å². The van der Waals surface area contributed by atoms with Crippen molar-refractivity contribution in [1.82, 2.24) is 25.2 Å². The van der Waals surface area contributed by atoms with Gasteiger partial charge in [0.15, 0.2) is 0 Å². The van der Waals surface area contributed by atoms with Crippen molar-refractivity contribution in [3.8, 4) is 11.3 Å². The second-order valence-electron chi connectivity index (χ2n) is 9.96. The van der Waals surface area contributed by atoms with Gasteiger partial charge in [-0.15, -0.1) is 0 Å². The Morgan fingerprint density at radius 2 is 1.95 bits per heavy atom. The predicted octanol–water partition coefficient (Wildman–Crippen LogP) is 3.67. The maximum Gasteiger partial charge on any atom is 0.255 e. The van der Waals surface area contributed by atoms with Crippen LogP contribution in [0, 0.1) is 0 Å². The Kier molecular flexibility index (Phi) is 8.88. The van der Waals surface area contributed by atoms with Gasteiger partial charge in [-0.3, -0.25) is 9.59 Å². The highest BCUT2D eigenvalue weighted by Crippen LogP contribution is 2.33. The predicted molar refractivity (Wildman–Crippen MR) is 156 cm³/mol. The van der Waals surface area contributed by atoms with Crippen LogP contribution < -0.4 is 16.0 Å². The molecule has 4 N–H and O–H groups in total. The molecule has 4 heterocycles. The van der Waals surface area contributed by atoms with Gasteiger partial charge in [0.25, 0.3) is 5.91 Å². The summed E-state index contributed by atoms with van der Waals surface area (Å²) in [5, 5.41) is 19.7. The molecule has 2 aliphatic heterocycles. The molecular weight excluding hydrogens is 569 g/mol. The first-order valence-corrected chi connectivity index (χ1v) is 14.1. The van der Waals surface area contributed by atoms with Gasteiger partial charge in [0, 0.05) is 44.0 Å². The molecule has 41 heavy (non-hydrogen) atoms. The molecule has 2 aromatic heterocycles. The minimum atomic E-state index is -0.846. The summed E-state index contributed by atoms with van der Waals surface area (Å²) in [6.07, 6.45) is 3.27. The first-order chi connectivity index (χ1) is 19.8. The standard InChI is InChI=1S/C28H31Cl2N7O4/c1-15(26(39)34-22(14-38)25-20(29)5-6-23(31-2)35-25)37-13-17-4-3-16(11-19(17)27(37)40)24-21(30)12-32-28(36-24)33-18-7-9-41-10-8-18/h3-6,11-12,15,18,22,38H,7-10,13-14H2,1-2H3,(H,31,35)(H,34,39)(H,32,33,36). The van der Waals surface area contributed by atoms with Crippen LogP contribution in [0.1, 0.15) is 47.4 Å². The number of ether oxygens (including phenoxy) is 1. The van der Waals surface area contributed by atoms with Gasteiger partial charge in [0.05, 0.1) is 40.3 Å². The first kappa shape index (κ1) is 29.0. The molecular formula is C28H31Cl2N7O4. The van der Waals surface area contributed by atoms with E-state index in [1.165, 1.54) is 4.90 Å². The number of pyridine rings is 1. The first-order valence-electron chi connectivity index (χ1n) is 13.4. The van der Waals surface area contributed by atoms with Crippen LogP contribution in [0.5, 0.6) is 0 Å². The molecule has 5 rings (SSSR count). The summed E-state index contributed by atoms with van der Waals surface area (Å²) in [4.78, 5) is 41.5. The highest BCUT2D eigenvalue weighted by Gasteiger charge is 2.35. The number of anilines is 2. The van der Waals surface area contributed by atoms with Crippen molar-refractivity contribution in [2.24, 2.45) is 0 Å². The van der Waals surface area contributed by atoms with E-state index in [2.05, 4.69) is 30.9 Å². The summed E-state index contributed by atoms with van der Waals surface area (Å²) in [6.45, 7) is 2.86. The Labute approximate surface area is 247 Å². The van der Waals surface area contributed by atoms with Gasteiger partial charge in [-0.05, 0) is 43.5 Å². The molecule has 216 valence electrons. The van der Waals surface area contributed by atoms with Crippen LogP contribution in [0.2, 0.25) is 10.0 Å². The number of aliphatic hydroxyl groups is 1. The zero-order valence-electron chi connectivity index (χ0n) is 22.7. The van der Waals surface area contributed by atoms with Crippen molar-refractivity contribution in [2.45, 2.75) is 44.4 Å². The van der Waals surface area contributed by atoms with E-state index in [9.17, 15) is 14.7 Å². The number of hydrogen-bond acceptors (Lipinski definition) is 9. The zero-order valence-corrected chi connectivity index (χ0v) is 24.2. The molecule has 13 heteroatoms. The number of amides is 2. The maximum absolute atomic E-state index is 13.5. The highest BCUT2D eigenvalue weighted by atomic mass is 35.5. The fourth-order valence-electron chi connectivity index (χ4n) is 4.92. The summed E-state index contributed by atoms with van der Waals surface area (Å²) in [6, 6.07) is 7.33. The molecule has 2 aliphatic rings. The van der Waals surface area contributed by atoms with E-state index in [1.807, 2.05) is 12.1 Å². The summed E-state index contributed by atoms with van der Waals surface area (Å²) >= 11 is 12.8. The molecule has 2 atom stereocenters. The van der Waals surface area contributed by atoms with E-state index in [-0.39, 0.29) is 18.5 Å².